The van der Waals surface area contributed by atoms with Gasteiger partial charge < -0.3 is 10.2 Å². The van der Waals surface area contributed by atoms with Crippen molar-refractivity contribution in [3.63, 3.8) is 0 Å². The maximum atomic E-state index is 11.0. The van der Waals surface area contributed by atoms with Crippen LogP contribution in [0.5, 0.6) is 11.5 Å². The normalized spacial score (nSPS) is 26.1. The Kier molecular flexibility index (Phi) is 2.79. The van der Waals surface area contributed by atoms with E-state index in [0.29, 0.717) is 23.3 Å². The van der Waals surface area contributed by atoms with E-state index in [4.69, 9.17) is 0 Å². The standard InChI is InChI=1S/C20H24O2/c1-11(2)9-12-5-4-6-14-15(12)19(22)16-13-7-8-20(3,10-13)17(16)18(14)21/h4-6,11,13,21-22H,7-10H2,1-3H3. The minimum absolute atomic E-state index is 0.0454. The molecule has 0 saturated heterocycles. The second-order valence-corrected chi connectivity index (χ2v) is 7.92. The largest absolute Gasteiger partial charge is 0.507 e. The van der Waals surface area contributed by atoms with Crippen LogP contribution in [0.4, 0.5) is 0 Å². The molecule has 2 aliphatic rings. The summed E-state index contributed by atoms with van der Waals surface area (Å²) in [6, 6.07) is 6.04. The predicted octanol–water partition coefficient (Wildman–Crippen LogP) is 4.99. The second kappa shape index (κ2) is 4.41. The van der Waals surface area contributed by atoms with Crippen LogP contribution in [0.3, 0.4) is 0 Å². The average Bonchev–Trinajstić information content (AvgIpc) is 2.97. The third-order valence-corrected chi connectivity index (χ3v) is 5.79. The van der Waals surface area contributed by atoms with Crippen molar-refractivity contribution in [2.45, 2.75) is 57.8 Å². The molecule has 2 aromatic carbocycles. The molecule has 1 saturated carbocycles. The van der Waals surface area contributed by atoms with Gasteiger partial charge in [-0.15, -0.1) is 0 Å². The van der Waals surface area contributed by atoms with Crippen molar-refractivity contribution in [3.05, 3.63) is 34.9 Å². The van der Waals surface area contributed by atoms with Crippen LogP contribution in [0.25, 0.3) is 10.8 Å². The van der Waals surface area contributed by atoms with E-state index in [1.54, 1.807) is 0 Å². The zero-order valence-corrected chi connectivity index (χ0v) is 13.6. The summed E-state index contributed by atoms with van der Waals surface area (Å²) in [5, 5.41) is 23.6. The zero-order chi connectivity index (χ0) is 15.6. The van der Waals surface area contributed by atoms with E-state index in [-0.39, 0.29) is 5.41 Å². The number of rotatable bonds is 2. The molecular weight excluding hydrogens is 272 g/mol. The van der Waals surface area contributed by atoms with Crippen LogP contribution in [-0.2, 0) is 11.8 Å². The van der Waals surface area contributed by atoms with Gasteiger partial charge >= 0.3 is 0 Å². The molecule has 2 atom stereocenters. The predicted molar refractivity (Wildman–Crippen MR) is 89.8 cm³/mol. The first kappa shape index (κ1) is 13.9. The topological polar surface area (TPSA) is 40.5 Å². The summed E-state index contributed by atoms with van der Waals surface area (Å²) in [6.45, 7) is 6.61. The Bertz CT molecular complexity index is 775. The zero-order valence-electron chi connectivity index (χ0n) is 13.6. The van der Waals surface area contributed by atoms with Gasteiger partial charge in [-0.3, -0.25) is 0 Å². The second-order valence-electron chi connectivity index (χ2n) is 7.92. The van der Waals surface area contributed by atoms with Gasteiger partial charge in [0.1, 0.15) is 11.5 Å². The molecule has 4 rings (SSSR count). The highest BCUT2D eigenvalue weighted by Crippen LogP contribution is 2.63. The number of phenolic OH excluding ortho intramolecular Hbond substituents is 2. The van der Waals surface area contributed by atoms with E-state index in [2.05, 4.69) is 26.8 Å². The quantitative estimate of drug-likeness (QED) is 0.767. The molecule has 2 nitrogen and oxygen atoms in total. The molecule has 116 valence electrons. The highest BCUT2D eigenvalue weighted by molar-refractivity contribution is 5.99. The highest BCUT2D eigenvalue weighted by Gasteiger charge is 2.49. The van der Waals surface area contributed by atoms with Gasteiger partial charge in [0.15, 0.2) is 0 Å². The minimum atomic E-state index is 0.0454. The molecule has 22 heavy (non-hydrogen) atoms. The van der Waals surface area contributed by atoms with Crippen molar-refractivity contribution in [2.75, 3.05) is 0 Å². The Morgan fingerprint density at radius 2 is 2.00 bits per heavy atom. The minimum Gasteiger partial charge on any atom is -0.507 e. The van der Waals surface area contributed by atoms with Crippen molar-refractivity contribution in [1.82, 2.24) is 0 Å². The summed E-state index contributed by atoms with van der Waals surface area (Å²) in [4.78, 5) is 0. The molecule has 2 N–H and O–H groups in total. The molecule has 0 aliphatic heterocycles. The first-order valence-electron chi connectivity index (χ1n) is 8.42. The molecule has 0 aromatic heterocycles. The van der Waals surface area contributed by atoms with Crippen molar-refractivity contribution in [1.29, 1.82) is 0 Å². The van der Waals surface area contributed by atoms with Crippen LogP contribution in [0.1, 0.15) is 62.6 Å². The van der Waals surface area contributed by atoms with E-state index in [1.807, 2.05) is 12.1 Å². The van der Waals surface area contributed by atoms with Gasteiger partial charge in [-0.1, -0.05) is 39.0 Å². The van der Waals surface area contributed by atoms with Gasteiger partial charge in [0.2, 0.25) is 0 Å². The molecule has 2 heteroatoms. The Balaban J connectivity index is 2.08. The number of fused-ring (bicyclic) bond motifs is 6. The van der Waals surface area contributed by atoms with Crippen LogP contribution < -0.4 is 0 Å². The fourth-order valence-corrected chi connectivity index (χ4v) is 4.92. The highest BCUT2D eigenvalue weighted by atomic mass is 16.3. The van der Waals surface area contributed by atoms with Crippen LogP contribution >= 0.6 is 0 Å². The molecule has 1 fully saturated rings. The van der Waals surface area contributed by atoms with Crippen LogP contribution in [0, 0.1) is 5.92 Å². The van der Waals surface area contributed by atoms with Crippen LogP contribution in [0.15, 0.2) is 18.2 Å². The number of hydrogen-bond acceptors (Lipinski definition) is 2. The SMILES string of the molecule is CC(C)Cc1cccc2c(O)c3c(c(O)c12)C1CCC3(C)C1. The van der Waals surface area contributed by atoms with Crippen molar-refractivity contribution >= 4 is 10.8 Å². The lowest BCUT2D eigenvalue weighted by Gasteiger charge is -2.27. The maximum absolute atomic E-state index is 11.0. The van der Waals surface area contributed by atoms with Gasteiger partial charge in [0, 0.05) is 21.9 Å². The molecule has 2 aromatic rings. The maximum Gasteiger partial charge on any atom is 0.127 e. The number of phenols is 2. The molecule has 0 spiro atoms. The third-order valence-electron chi connectivity index (χ3n) is 5.79. The van der Waals surface area contributed by atoms with E-state index in [0.717, 1.165) is 53.1 Å². The summed E-state index contributed by atoms with van der Waals surface area (Å²) >= 11 is 0. The Morgan fingerprint density at radius 1 is 1.23 bits per heavy atom. The lowest BCUT2D eigenvalue weighted by molar-refractivity contribution is 0.427. The number of hydrogen-bond donors (Lipinski definition) is 2. The molecular formula is C20H24O2. The summed E-state index contributed by atoms with van der Waals surface area (Å²) in [5.41, 5.74) is 3.26. The van der Waals surface area contributed by atoms with Crippen LogP contribution in [-0.4, -0.2) is 10.2 Å². The number of benzene rings is 2. The Morgan fingerprint density at radius 3 is 2.73 bits per heavy atom. The lowest BCUT2D eigenvalue weighted by atomic mass is 9.78. The smallest absolute Gasteiger partial charge is 0.127 e. The van der Waals surface area contributed by atoms with Gasteiger partial charge in [-0.2, -0.15) is 0 Å². The van der Waals surface area contributed by atoms with E-state index in [9.17, 15) is 10.2 Å². The summed E-state index contributed by atoms with van der Waals surface area (Å²) < 4.78 is 0. The van der Waals surface area contributed by atoms with Crippen molar-refractivity contribution in [2.24, 2.45) is 5.92 Å². The molecule has 2 aliphatic carbocycles. The first-order chi connectivity index (χ1) is 10.4. The molecule has 2 bridgehead atoms. The van der Waals surface area contributed by atoms with E-state index in [1.165, 1.54) is 0 Å². The van der Waals surface area contributed by atoms with Gasteiger partial charge in [0.25, 0.3) is 0 Å². The first-order valence-corrected chi connectivity index (χ1v) is 8.42. The summed E-state index contributed by atoms with van der Waals surface area (Å²) in [6.07, 6.45) is 4.24. The van der Waals surface area contributed by atoms with E-state index < -0.39 is 0 Å². The molecule has 2 unspecified atom stereocenters. The monoisotopic (exact) mass is 296 g/mol. The molecule has 0 amide bonds. The van der Waals surface area contributed by atoms with Gasteiger partial charge in [0.05, 0.1) is 0 Å². The van der Waals surface area contributed by atoms with Gasteiger partial charge in [-0.05, 0) is 48.5 Å². The fourth-order valence-electron chi connectivity index (χ4n) is 4.92. The van der Waals surface area contributed by atoms with Crippen molar-refractivity contribution in [3.8, 4) is 11.5 Å². The summed E-state index contributed by atoms with van der Waals surface area (Å²) in [7, 11) is 0. The van der Waals surface area contributed by atoms with Crippen molar-refractivity contribution < 1.29 is 10.2 Å². The Labute approximate surface area is 131 Å². The fraction of sp³-hybridized carbons (Fsp3) is 0.500. The number of aromatic hydroxyl groups is 2. The molecule has 0 radical (unpaired) electrons. The summed E-state index contributed by atoms with van der Waals surface area (Å²) in [5.74, 6) is 1.79. The van der Waals surface area contributed by atoms with Crippen LogP contribution in [0.2, 0.25) is 0 Å². The van der Waals surface area contributed by atoms with E-state index >= 15 is 0 Å². The third kappa shape index (κ3) is 1.67. The lowest BCUT2D eigenvalue weighted by Crippen LogP contribution is -2.16. The molecule has 0 heterocycles. The average molecular weight is 296 g/mol. The van der Waals surface area contributed by atoms with Gasteiger partial charge in [-0.25, -0.2) is 0 Å². The Hall–Kier alpha value is -1.70.